The van der Waals surface area contributed by atoms with Crippen molar-refractivity contribution in [3.8, 4) is 11.5 Å². The summed E-state index contributed by atoms with van der Waals surface area (Å²) in [5, 5.41) is 5.14. The largest absolute Gasteiger partial charge is 0.486 e. The van der Waals surface area contributed by atoms with E-state index in [1.165, 1.54) is 0 Å². The highest BCUT2D eigenvalue weighted by atomic mass is 19.3. The van der Waals surface area contributed by atoms with Crippen molar-refractivity contribution < 1.29 is 23.0 Å². The van der Waals surface area contributed by atoms with Gasteiger partial charge in [0.1, 0.15) is 12.7 Å². The maximum absolute atomic E-state index is 13.0. The van der Waals surface area contributed by atoms with Gasteiger partial charge >= 0.3 is 0 Å². The summed E-state index contributed by atoms with van der Waals surface area (Å²) in [6.07, 6.45) is -0.797. The van der Waals surface area contributed by atoms with E-state index in [1.807, 2.05) is 12.1 Å². The van der Waals surface area contributed by atoms with Crippen molar-refractivity contribution in [2.24, 2.45) is 0 Å². The number of hydrogen-bond donors (Lipinski definition) is 2. The monoisotopic (exact) mass is 298 g/mol. The molecule has 2 N–H and O–H groups in total. The Kier molecular flexibility index (Phi) is 3.67. The summed E-state index contributed by atoms with van der Waals surface area (Å²) in [7, 11) is 0. The highest BCUT2D eigenvalue weighted by Crippen LogP contribution is 2.30. The number of carbonyl (C=O) groups excluding carboxylic acids is 1. The van der Waals surface area contributed by atoms with E-state index in [9.17, 15) is 13.6 Å². The average Bonchev–Trinajstić information content (AvgIpc) is 2.85. The second kappa shape index (κ2) is 5.48. The van der Waals surface area contributed by atoms with Crippen LogP contribution in [0.15, 0.2) is 24.3 Å². The molecule has 2 aliphatic rings. The molecule has 0 bridgehead atoms. The van der Waals surface area contributed by atoms with Gasteiger partial charge in [0.25, 0.3) is 5.92 Å². The van der Waals surface area contributed by atoms with Crippen LogP contribution in [0, 0.1) is 0 Å². The van der Waals surface area contributed by atoms with Crippen LogP contribution >= 0.6 is 0 Å². The van der Waals surface area contributed by atoms with Crippen molar-refractivity contribution in [3.05, 3.63) is 24.3 Å². The third kappa shape index (κ3) is 3.24. The summed E-state index contributed by atoms with van der Waals surface area (Å²) in [6.45, 7) is 0.0734. The molecule has 1 fully saturated rings. The molecule has 1 aromatic carbocycles. The van der Waals surface area contributed by atoms with Crippen molar-refractivity contribution in [2.75, 3.05) is 19.7 Å². The summed E-state index contributed by atoms with van der Waals surface area (Å²) in [5.41, 5.74) is 0. The summed E-state index contributed by atoms with van der Waals surface area (Å²) in [6, 6.07) is 6.40. The van der Waals surface area contributed by atoms with Gasteiger partial charge in [-0.25, -0.2) is 8.78 Å². The number of hydrogen-bond acceptors (Lipinski definition) is 4. The molecule has 0 spiro atoms. The Morgan fingerprint density at radius 1 is 1.38 bits per heavy atom. The van der Waals surface area contributed by atoms with E-state index in [1.54, 1.807) is 12.1 Å². The minimum atomic E-state index is -2.81. The highest BCUT2D eigenvalue weighted by Gasteiger charge is 2.42. The Balaban J connectivity index is 1.49. The molecule has 21 heavy (non-hydrogen) atoms. The van der Waals surface area contributed by atoms with Gasteiger partial charge in [-0.05, 0) is 12.1 Å². The molecule has 0 aliphatic carbocycles. The first-order chi connectivity index (χ1) is 10.0. The van der Waals surface area contributed by atoms with Gasteiger partial charge in [-0.2, -0.15) is 0 Å². The van der Waals surface area contributed by atoms with Gasteiger partial charge in [-0.15, -0.1) is 0 Å². The van der Waals surface area contributed by atoms with Crippen LogP contribution < -0.4 is 20.1 Å². The number of halogens is 2. The second-order valence-corrected chi connectivity index (χ2v) is 5.24. The molecule has 1 aromatic rings. The SMILES string of the molecule is O=C(NCC1COc2ccccc2O1)C1CC(F)(F)CN1. The number of alkyl halides is 2. The molecule has 2 atom stereocenters. The van der Waals surface area contributed by atoms with E-state index in [2.05, 4.69) is 10.6 Å². The topological polar surface area (TPSA) is 59.6 Å². The number of para-hydroxylation sites is 2. The Labute approximate surface area is 120 Å². The molecule has 7 heteroatoms. The second-order valence-electron chi connectivity index (χ2n) is 5.24. The van der Waals surface area contributed by atoms with Crippen molar-refractivity contribution in [1.82, 2.24) is 10.6 Å². The third-order valence-electron chi connectivity index (χ3n) is 3.50. The summed E-state index contributed by atoms with van der Waals surface area (Å²) < 4.78 is 37.2. The standard InChI is InChI=1S/C14H16F2N2O3/c15-14(16)5-10(18-8-14)13(19)17-6-9-7-20-11-3-1-2-4-12(11)21-9/h1-4,9-10,18H,5-8H2,(H,17,19). The van der Waals surface area contributed by atoms with Crippen LogP contribution in [0.2, 0.25) is 0 Å². The van der Waals surface area contributed by atoms with Crippen LogP contribution in [-0.2, 0) is 4.79 Å². The summed E-state index contributed by atoms with van der Waals surface area (Å²) in [4.78, 5) is 11.8. The normalized spacial score (nSPS) is 26.4. The zero-order valence-corrected chi connectivity index (χ0v) is 11.3. The molecule has 0 aromatic heterocycles. The van der Waals surface area contributed by atoms with Crippen molar-refractivity contribution in [3.63, 3.8) is 0 Å². The number of benzene rings is 1. The average molecular weight is 298 g/mol. The fourth-order valence-corrected chi connectivity index (χ4v) is 2.40. The van der Waals surface area contributed by atoms with Gasteiger partial charge < -0.3 is 14.8 Å². The molecule has 3 rings (SSSR count). The van der Waals surface area contributed by atoms with E-state index >= 15 is 0 Å². The van der Waals surface area contributed by atoms with Crippen molar-refractivity contribution >= 4 is 5.91 Å². The predicted molar refractivity (Wildman–Crippen MR) is 70.7 cm³/mol. The van der Waals surface area contributed by atoms with Crippen LogP contribution in [-0.4, -0.2) is 43.7 Å². The smallest absolute Gasteiger partial charge is 0.262 e. The lowest BCUT2D eigenvalue weighted by Gasteiger charge is -2.26. The minimum Gasteiger partial charge on any atom is -0.486 e. The zero-order chi connectivity index (χ0) is 14.9. The van der Waals surface area contributed by atoms with Crippen LogP contribution in [0.3, 0.4) is 0 Å². The van der Waals surface area contributed by atoms with Gasteiger partial charge in [-0.3, -0.25) is 10.1 Å². The lowest BCUT2D eigenvalue weighted by atomic mass is 10.2. The third-order valence-corrected chi connectivity index (χ3v) is 3.50. The van der Waals surface area contributed by atoms with E-state index in [0.29, 0.717) is 18.1 Å². The Morgan fingerprint density at radius 2 is 2.14 bits per heavy atom. The Morgan fingerprint density at radius 3 is 2.86 bits per heavy atom. The number of rotatable bonds is 3. The molecule has 2 aliphatic heterocycles. The quantitative estimate of drug-likeness (QED) is 0.872. The van der Waals surface area contributed by atoms with Crippen LogP contribution in [0.4, 0.5) is 8.78 Å². The molecule has 0 radical (unpaired) electrons. The predicted octanol–water partition coefficient (Wildman–Crippen LogP) is 0.940. The molecular formula is C14H16F2N2O3. The molecule has 114 valence electrons. The minimum absolute atomic E-state index is 0.219. The van der Waals surface area contributed by atoms with Gasteiger partial charge in [0.2, 0.25) is 5.91 Å². The lowest BCUT2D eigenvalue weighted by molar-refractivity contribution is -0.123. The molecule has 1 amide bonds. The lowest BCUT2D eigenvalue weighted by Crippen LogP contribution is -2.46. The molecular weight excluding hydrogens is 282 g/mol. The number of nitrogens with one attached hydrogen (secondary N) is 2. The molecule has 1 saturated heterocycles. The van der Waals surface area contributed by atoms with E-state index in [-0.39, 0.29) is 12.6 Å². The van der Waals surface area contributed by atoms with Gasteiger partial charge in [0, 0.05) is 6.42 Å². The Hall–Kier alpha value is -1.89. The fraction of sp³-hybridized carbons (Fsp3) is 0.500. The maximum atomic E-state index is 13.0. The van der Waals surface area contributed by atoms with Crippen LogP contribution in [0.1, 0.15) is 6.42 Å². The van der Waals surface area contributed by atoms with Crippen molar-refractivity contribution in [2.45, 2.75) is 24.5 Å². The van der Waals surface area contributed by atoms with Crippen LogP contribution in [0.5, 0.6) is 11.5 Å². The van der Waals surface area contributed by atoms with E-state index in [0.717, 1.165) is 0 Å². The maximum Gasteiger partial charge on any atom is 0.262 e. The van der Waals surface area contributed by atoms with Crippen LogP contribution in [0.25, 0.3) is 0 Å². The zero-order valence-electron chi connectivity index (χ0n) is 11.3. The number of fused-ring (bicyclic) bond motifs is 1. The van der Waals surface area contributed by atoms with Gasteiger partial charge in [0.15, 0.2) is 11.5 Å². The Bertz CT molecular complexity index is 539. The summed E-state index contributed by atoms with van der Waals surface area (Å²) in [5.74, 6) is -1.97. The molecule has 2 unspecified atom stereocenters. The first-order valence-electron chi connectivity index (χ1n) is 6.81. The van der Waals surface area contributed by atoms with Crippen molar-refractivity contribution in [1.29, 1.82) is 0 Å². The van der Waals surface area contributed by atoms with Gasteiger partial charge in [0.05, 0.1) is 19.1 Å². The first-order valence-corrected chi connectivity index (χ1v) is 6.81. The fourth-order valence-electron chi connectivity index (χ4n) is 2.40. The molecule has 0 saturated carbocycles. The summed E-state index contributed by atoms with van der Waals surface area (Å²) >= 11 is 0. The highest BCUT2D eigenvalue weighted by molar-refractivity contribution is 5.82. The van der Waals surface area contributed by atoms with E-state index < -0.39 is 30.8 Å². The number of amides is 1. The van der Waals surface area contributed by atoms with E-state index in [4.69, 9.17) is 9.47 Å². The molecule has 5 nitrogen and oxygen atoms in total. The number of ether oxygens (including phenoxy) is 2. The van der Waals surface area contributed by atoms with Gasteiger partial charge in [-0.1, -0.05) is 12.1 Å². The molecule has 2 heterocycles. The number of carbonyl (C=O) groups is 1. The first kappa shape index (κ1) is 14.1.